The minimum absolute atomic E-state index is 0.121. The lowest BCUT2D eigenvalue weighted by Crippen LogP contribution is -2.27. The van der Waals surface area contributed by atoms with Crippen molar-refractivity contribution in [2.45, 2.75) is 71.4 Å². The summed E-state index contributed by atoms with van der Waals surface area (Å²) in [6.45, 7) is 7.77. The molecule has 164 valence electrons. The van der Waals surface area contributed by atoms with E-state index < -0.39 is 29.3 Å². The first-order valence-electron chi connectivity index (χ1n) is 9.81. The molecule has 0 aromatic heterocycles. The van der Waals surface area contributed by atoms with Crippen LogP contribution in [0.1, 0.15) is 59.8 Å². The molecule has 1 aromatic carbocycles. The van der Waals surface area contributed by atoms with Gasteiger partial charge in [0.2, 0.25) is 0 Å². The van der Waals surface area contributed by atoms with Crippen LogP contribution in [-0.2, 0) is 0 Å². The summed E-state index contributed by atoms with van der Waals surface area (Å²) in [4.78, 5) is 0. The fraction of sp³-hybridized carbons (Fsp3) is 0.524. The largest absolute Gasteiger partial charge is 0.375 e. The quantitative estimate of drug-likeness (QED) is 0.176. The zero-order chi connectivity index (χ0) is 22.2. The molecular weight excluding hydrogens is 388 g/mol. The zero-order valence-electron chi connectivity index (χ0n) is 17.3. The molecular formula is C21H30F4N2O2. The smallest absolute Gasteiger partial charge is 0.184 e. The second-order valence-electron chi connectivity index (χ2n) is 6.97. The molecule has 1 fully saturated rings. The Kier molecular flexibility index (Phi) is 9.65. The van der Waals surface area contributed by atoms with E-state index in [2.05, 4.69) is 10.6 Å². The Bertz CT molecular complexity index is 747. The van der Waals surface area contributed by atoms with Gasteiger partial charge in [0.25, 0.3) is 0 Å². The molecule has 1 atom stereocenters. The van der Waals surface area contributed by atoms with Crippen molar-refractivity contribution in [1.29, 1.82) is 0 Å². The van der Waals surface area contributed by atoms with Crippen molar-refractivity contribution in [3.8, 4) is 0 Å². The summed E-state index contributed by atoms with van der Waals surface area (Å²) in [6.07, 6.45) is 6.81. The van der Waals surface area contributed by atoms with E-state index in [4.69, 9.17) is 10.5 Å². The van der Waals surface area contributed by atoms with Crippen LogP contribution in [0.5, 0.6) is 0 Å². The van der Waals surface area contributed by atoms with Gasteiger partial charge in [-0.3, -0.25) is 10.5 Å². The molecule has 2 aliphatic carbocycles. The zero-order valence-corrected chi connectivity index (χ0v) is 17.3. The number of benzene rings is 1. The molecule has 0 radical (unpaired) electrons. The summed E-state index contributed by atoms with van der Waals surface area (Å²) >= 11 is 0. The lowest BCUT2D eigenvalue weighted by Gasteiger charge is -2.26. The number of hydrogen-bond acceptors (Lipinski definition) is 4. The molecule has 0 aliphatic heterocycles. The maximum atomic E-state index is 14.4. The summed E-state index contributed by atoms with van der Waals surface area (Å²) in [5, 5.41) is 17.7. The number of hydrogen-bond donors (Lipinski definition) is 4. The maximum absolute atomic E-state index is 14.4. The molecule has 8 heteroatoms. The highest BCUT2D eigenvalue weighted by Crippen LogP contribution is 2.45. The number of nitrogens with one attached hydrogen (secondary N) is 2. The van der Waals surface area contributed by atoms with Crippen LogP contribution in [0.15, 0.2) is 29.6 Å². The summed E-state index contributed by atoms with van der Waals surface area (Å²) < 4.78 is 56.6. The third kappa shape index (κ3) is 6.21. The van der Waals surface area contributed by atoms with Gasteiger partial charge >= 0.3 is 0 Å². The first-order valence-corrected chi connectivity index (χ1v) is 9.81. The first kappa shape index (κ1) is 25.0. The van der Waals surface area contributed by atoms with Crippen LogP contribution in [0.4, 0.5) is 28.9 Å². The Morgan fingerprint density at radius 3 is 2.21 bits per heavy atom. The standard InChI is InChI=1S/C19H22F4N2.C2H6.H2O2/c1-3-6-19(7-8-19)25-17-14(22)10-13(21)16(23)18(17)24-15-5-4-11(2)9-12(15)20;2*1-2/h4,9-10,15,24-25H,3,5-8H2,1-2H3;1-2H3;1-2H. The fourth-order valence-electron chi connectivity index (χ4n) is 3.28. The van der Waals surface area contributed by atoms with Gasteiger partial charge in [-0.25, -0.2) is 17.6 Å². The summed E-state index contributed by atoms with van der Waals surface area (Å²) in [5.74, 6) is -3.85. The Balaban J connectivity index is 0.000000989. The van der Waals surface area contributed by atoms with Crippen LogP contribution in [0, 0.1) is 17.5 Å². The molecule has 4 nitrogen and oxygen atoms in total. The molecule has 2 aliphatic rings. The minimum Gasteiger partial charge on any atom is -0.375 e. The molecule has 0 spiro atoms. The number of anilines is 2. The van der Waals surface area contributed by atoms with E-state index in [0.29, 0.717) is 6.07 Å². The predicted octanol–water partition coefficient (Wildman–Crippen LogP) is 6.88. The van der Waals surface area contributed by atoms with Gasteiger partial charge in [0.05, 0.1) is 11.7 Å². The van der Waals surface area contributed by atoms with Crippen molar-refractivity contribution in [3.05, 3.63) is 47.1 Å². The Labute approximate surface area is 169 Å². The molecule has 0 amide bonds. The van der Waals surface area contributed by atoms with Crippen molar-refractivity contribution in [3.63, 3.8) is 0 Å². The van der Waals surface area contributed by atoms with Crippen LogP contribution < -0.4 is 10.6 Å². The van der Waals surface area contributed by atoms with E-state index in [0.717, 1.165) is 31.3 Å². The van der Waals surface area contributed by atoms with Crippen molar-refractivity contribution >= 4 is 11.4 Å². The average Bonchev–Trinajstić information content (AvgIpc) is 3.47. The molecule has 1 saturated carbocycles. The average molecular weight is 418 g/mol. The van der Waals surface area contributed by atoms with E-state index >= 15 is 0 Å². The van der Waals surface area contributed by atoms with Gasteiger partial charge in [0, 0.05) is 11.6 Å². The molecule has 0 bridgehead atoms. The summed E-state index contributed by atoms with van der Waals surface area (Å²) in [5.41, 5.74) is 0.0123. The number of halogens is 4. The van der Waals surface area contributed by atoms with E-state index in [1.54, 1.807) is 13.0 Å². The highest BCUT2D eigenvalue weighted by molar-refractivity contribution is 5.72. The number of rotatable bonds is 6. The van der Waals surface area contributed by atoms with Crippen LogP contribution in [-0.4, -0.2) is 22.1 Å². The Hall–Kier alpha value is -2.06. The van der Waals surface area contributed by atoms with Gasteiger partial charge in [-0.05, 0) is 38.7 Å². The SMILES string of the molecule is CC.CCCC1(Nc2c(F)cc(F)c(F)c2NC2CC=C(C)C=C2F)CC1.OO. The van der Waals surface area contributed by atoms with Crippen molar-refractivity contribution < 1.29 is 28.1 Å². The monoisotopic (exact) mass is 418 g/mol. The van der Waals surface area contributed by atoms with Crippen LogP contribution in [0.3, 0.4) is 0 Å². The van der Waals surface area contributed by atoms with Gasteiger partial charge in [0.15, 0.2) is 17.5 Å². The van der Waals surface area contributed by atoms with Gasteiger partial charge in [-0.2, -0.15) is 0 Å². The summed E-state index contributed by atoms with van der Waals surface area (Å²) in [7, 11) is 0. The molecule has 3 rings (SSSR count). The molecule has 1 unspecified atom stereocenters. The van der Waals surface area contributed by atoms with E-state index in [1.165, 1.54) is 6.08 Å². The van der Waals surface area contributed by atoms with E-state index in [1.807, 2.05) is 20.8 Å². The van der Waals surface area contributed by atoms with Gasteiger partial charge in [-0.1, -0.05) is 38.8 Å². The highest BCUT2D eigenvalue weighted by Gasteiger charge is 2.43. The minimum atomic E-state index is -1.29. The second kappa shape index (κ2) is 11.2. The summed E-state index contributed by atoms with van der Waals surface area (Å²) in [6, 6.07) is -0.316. The molecule has 0 saturated heterocycles. The predicted molar refractivity (Wildman–Crippen MR) is 108 cm³/mol. The van der Waals surface area contributed by atoms with Crippen molar-refractivity contribution in [2.75, 3.05) is 10.6 Å². The maximum Gasteiger partial charge on any atom is 0.184 e. The lowest BCUT2D eigenvalue weighted by molar-refractivity contribution is -0.176. The molecule has 0 heterocycles. The topological polar surface area (TPSA) is 64.5 Å². The highest BCUT2D eigenvalue weighted by atomic mass is 19.2. The van der Waals surface area contributed by atoms with Crippen molar-refractivity contribution in [2.24, 2.45) is 0 Å². The third-order valence-corrected chi connectivity index (χ3v) is 4.84. The van der Waals surface area contributed by atoms with Gasteiger partial charge < -0.3 is 10.6 Å². The van der Waals surface area contributed by atoms with Gasteiger partial charge in [-0.15, -0.1) is 0 Å². The second-order valence-corrected chi connectivity index (χ2v) is 6.97. The fourth-order valence-corrected chi connectivity index (χ4v) is 3.28. The first-order chi connectivity index (χ1) is 13.8. The van der Waals surface area contributed by atoms with Crippen LogP contribution in [0.2, 0.25) is 0 Å². The normalized spacial score (nSPS) is 18.9. The van der Waals surface area contributed by atoms with Crippen LogP contribution >= 0.6 is 0 Å². The number of allylic oxidation sites excluding steroid dienone is 2. The molecule has 1 aromatic rings. The third-order valence-electron chi connectivity index (χ3n) is 4.84. The molecule has 29 heavy (non-hydrogen) atoms. The lowest BCUT2D eigenvalue weighted by atomic mass is 10.0. The van der Waals surface area contributed by atoms with Crippen LogP contribution in [0.25, 0.3) is 0 Å². The Morgan fingerprint density at radius 2 is 1.69 bits per heavy atom. The van der Waals surface area contributed by atoms with Crippen molar-refractivity contribution in [1.82, 2.24) is 0 Å². The van der Waals surface area contributed by atoms with E-state index in [9.17, 15) is 17.6 Å². The Morgan fingerprint density at radius 1 is 1.07 bits per heavy atom. The van der Waals surface area contributed by atoms with Gasteiger partial charge in [0.1, 0.15) is 11.5 Å². The molecule has 4 N–H and O–H groups in total. The van der Waals surface area contributed by atoms with E-state index in [-0.39, 0.29) is 23.3 Å².